The first kappa shape index (κ1) is 13.9. The third-order valence-electron chi connectivity index (χ3n) is 3.96. The van der Waals surface area contributed by atoms with Gasteiger partial charge in [0.05, 0.1) is 24.4 Å². The number of esters is 1. The fourth-order valence-corrected chi connectivity index (χ4v) is 2.90. The summed E-state index contributed by atoms with van der Waals surface area (Å²) in [4.78, 5) is 23.0. The number of nitrogens with zero attached hydrogens (tertiary/aromatic N) is 4. The van der Waals surface area contributed by atoms with Crippen molar-refractivity contribution in [2.45, 2.75) is 19.8 Å². The molecule has 3 heterocycles. The average molecular weight is 288 g/mol. The summed E-state index contributed by atoms with van der Waals surface area (Å²) < 4.78 is 7.13. The molecule has 0 spiro atoms. The molecule has 3 rings (SSSR count). The van der Waals surface area contributed by atoms with E-state index in [1.807, 2.05) is 24.6 Å². The van der Waals surface area contributed by atoms with E-state index in [0.717, 1.165) is 36.2 Å². The summed E-state index contributed by atoms with van der Waals surface area (Å²) in [6.07, 6.45) is 5.44. The lowest BCUT2D eigenvalue weighted by Crippen LogP contribution is -2.40. The third-order valence-corrected chi connectivity index (χ3v) is 3.96. The van der Waals surface area contributed by atoms with Gasteiger partial charge in [0, 0.05) is 26.3 Å². The average Bonchev–Trinajstić information content (AvgIpc) is 2.89. The van der Waals surface area contributed by atoms with E-state index < -0.39 is 0 Å². The fraction of sp³-hybridized carbons (Fsp3) is 0.533. The van der Waals surface area contributed by atoms with E-state index in [9.17, 15) is 4.79 Å². The van der Waals surface area contributed by atoms with Gasteiger partial charge in [-0.05, 0) is 25.8 Å². The summed E-state index contributed by atoms with van der Waals surface area (Å²) in [5.74, 6) is 0.692. The largest absolute Gasteiger partial charge is 0.466 e. The number of carbonyl (C=O) groups is 1. The fourth-order valence-electron chi connectivity index (χ4n) is 2.90. The highest BCUT2D eigenvalue weighted by Gasteiger charge is 2.28. The van der Waals surface area contributed by atoms with Crippen molar-refractivity contribution in [3.8, 4) is 0 Å². The molecule has 112 valence electrons. The molecule has 0 saturated carbocycles. The Morgan fingerprint density at radius 1 is 1.48 bits per heavy atom. The number of fused-ring (bicyclic) bond motifs is 1. The lowest BCUT2D eigenvalue weighted by molar-refractivity contribution is -0.148. The molecule has 1 fully saturated rings. The Balaban J connectivity index is 1.86. The van der Waals surface area contributed by atoms with E-state index >= 15 is 0 Å². The van der Waals surface area contributed by atoms with Crippen LogP contribution in [0.25, 0.3) is 11.0 Å². The predicted molar refractivity (Wildman–Crippen MR) is 80.1 cm³/mol. The minimum atomic E-state index is -0.101. The van der Waals surface area contributed by atoms with Crippen molar-refractivity contribution in [3.63, 3.8) is 0 Å². The number of aromatic nitrogens is 3. The SMILES string of the molecule is CCOC(=O)C1CCCN(c2nccc3c2ncn3C)C1. The zero-order chi connectivity index (χ0) is 14.8. The smallest absolute Gasteiger partial charge is 0.310 e. The van der Waals surface area contributed by atoms with Gasteiger partial charge in [-0.25, -0.2) is 9.97 Å². The van der Waals surface area contributed by atoms with Crippen LogP contribution >= 0.6 is 0 Å². The second-order valence-corrected chi connectivity index (χ2v) is 5.39. The number of imidazole rings is 1. The van der Waals surface area contributed by atoms with Crippen LogP contribution in [0.3, 0.4) is 0 Å². The molecule has 1 atom stereocenters. The number of aryl methyl sites for hydroxylation is 1. The number of hydrogen-bond donors (Lipinski definition) is 0. The van der Waals surface area contributed by atoms with Crippen molar-refractivity contribution in [2.24, 2.45) is 13.0 Å². The van der Waals surface area contributed by atoms with Crippen LogP contribution in [0.5, 0.6) is 0 Å². The van der Waals surface area contributed by atoms with Crippen molar-refractivity contribution in [1.82, 2.24) is 14.5 Å². The second kappa shape index (κ2) is 5.71. The van der Waals surface area contributed by atoms with Crippen LogP contribution in [0.15, 0.2) is 18.6 Å². The quantitative estimate of drug-likeness (QED) is 0.805. The van der Waals surface area contributed by atoms with Crippen LogP contribution in [0.2, 0.25) is 0 Å². The van der Waals surface area contributed by atoms with Crippen molar-refractivity contribution in [2.75, 3.05) is 24.6 Å². The molecule has 0 amide bonds. The maximum Gasteiger partial charge on any atom is 0.310 e. The Bertz CT molecular complexity index is 652. The Morgan fingerprint density at radius 2 is 2.33 bits per heavy atom. The highest BCUT2D eigenvalue weighted by atomic mass is 16.5. The van der Waals surface area contributed by atoms with E-state index in [1.54, 1.807) is 12.5 Å². The molecular formula is C15H20N4O2. The lowest BCUT2D eigenvalue weighted by atomic mass is 9.98. The van der Waals surface area contributed by atoms with Gasteiger partial charge in [0.25, 0.3) is 0 Å². The monoisotopic (exact) mass is 288 g/mol. The first-order valence-corrected chi connectivity index (χ1v) is 7.38. The summed E-state index contributed by atoms with van der Waals surface area (Å²) in [6.45, 7) is 3.83. The highest BCUT2D eigenvalue weighted by Crippen LogP contribution is 2.27. The molecule has 6 heteroatoms. The van der Waals surface area contributed by atoms with Crippen LogP contribution in [0.1, 0.15) is 19.8 Å². The number of carbonyl (C=O) groups excluding carboxylic acids is 1. The van der Waals surface area contributed by atoms with Crippen molar-refractivity contribution in [1.29, 1.82) is 0 Å². The highest BCUT2D eigenvalue weighted by molar-refractivity contribution is 5.86. The van der Waals surface area contributed by atoms with Crippen LogP contribution < -0.4 is 4.90 Å². The summed E-state index contributed by atoms with van der Waals surface area (Å²) >= 11 is 0. The van der Waals surface area contributed by atoms with Gasteiger partial charge in [0.1, 0.15) is 5.52 Å². The molecule has 0 aliphatic carbocycles. The molecule has 0 radical (unpaired) electrons. The molecule has 2 aromatic rings. The van der Waals surface area contributed by atoms with Gasteiger partial charge in [-0.15, -0.1) is 0 Å². The minimum absolute atomic E-state index is 0.0699. The Morgan fingerprint density at radius 3 is 3.14 bits per heavy atom. The molecule has 0 bridgehead atoms. The molecule has 1 unspecified atom stereocenters. The molecule has 6 nitrogen and oxygen atoms in total. The normalized spacial score (nSPS) is 19.0. The van der Waals surface area contributed by atoms with Gasteiger partial charge in [-0.2, -0.15) is 0 Å². The number of anilines is 1. The third kappa shape index (κ3) is 2.57. The molecule has 0 N–H and O–H groups in total. The molecule has 0 aromatic carbocycles. The van der Waals surface area contributed by atoms with Crippen LogP contribution in [0.4, 0.5) is 5.82 Å². The molecule has 1 aliphatic rings. The van der Waals surface area contributed by atoms with Crippen molar-refractivity contribution < 1.29 is 9.53 Å². The minimum Gasteiger partial charge on any atom is -0.466 e. The second-order valence-electron chi connectivity index (χ2n) is 5.39. The first-order valence-electron chi connectivity index (χ1n) is 7.38. The van der Waals surface area contributed by atoms with E-state index in [1.165, 1.54) is 0 Å². The Labute approximate surface area is 123 Å². The number of piperidine rings is 1. The summed E-state index contributed by atoms with van der Waals surface area (Å²) in [5.41, 5.74) is 1.95. The van der Waals surface area contributed by atoms with Gasteiger partial charge >= 0.3 is 5.97 Å². The number of ether oxygens (including phenoxy) is 1. The topological polar surface area (TPSA) is 60.2 Å². The number of rotatable bonds is 3. The maximum absolute atomic E-state index is 12.0. The van der Waals surface area contributed by atoms with Crippen molar-refractivity contribution >= 4 is 22.8 Å². The van der Waals surface area contributed by atoms with E-state index in [2.05, 4.69) is 14.9 Å². The zero-order valence-electron chi connectivity index (χ0n) is 12.5. The van der Waals surface area contributed by atoms with Gasteiger partial charge in [0.15, 0.2) is 5.82 Å². The zero-order valence-corrected chi connectivity index (χ0v) is 12.5. The maximum atomic E-state index is 12.0. The molecule has 2 aromatic heterocycles. The molecular weight excluding hydrogens is 268 g/mol. The Kier molecular flexibility index (Phi) is 3.77. The van der Waals surface area contributed by atoms with Gasteiger partial charge in [0.2, 0.25) is 0 Å². The predicted octanol–water partition coefficient (Wildman–Crippen LogP) is 1.75. The van der Waals surface area contributed by atoms with Crippen LogP contribution in [0, 0.1) is 5.92 Å². The van der Waals surface area contributed by atoms with E-state index in [0.29, 0.717) is 13.2 Å². The number of pyridine rings is 1. The summed E-state index contributed by atoms with van der Waals surface area (Å²) in [5, 5.41) is 0. The van der Waals surface area contributed by atoms with Crippen LogP contribution in [-0.2, 0) is 16.6 Å². The van der Waals surface area contributed by atoms with Crippen molar-refractivity contribution in [3.05, 3.63) is 18.6 Å². The molecule has 21 heavy (non-hydrogen) atoms. The summed E-state index contributed by atoms with van der Waals surface area (Å²) in [6, 6.07) is 1.96. The van der Waals surface area contributed by atoms with Gasteiger partial charge < -0.3 is 14.2 Å². The number of hydrogen-bond acceptors (Lipinski definition) is 5. The van der Waals surface area contributed by atoms with E-state index in [-0.39, 0.29) is 11.9 Å². The van der Waals surface area contributed by atoms with E-state index in [4.69, 9.17) is 4.74 Å². The standard InChI is InChI=1S/C15H20N4O2/c1-3-21-15(20)11-5-4-8-19(9-11)14-13-12(6-7-16-14)18(2)10-17-13/h6-7,10-11H,3-5,8-9H2,1-2H3. The summed E-state index contributed by atoms with van der Waals surface area (Å²) in [7, 11) is 1.97. The van der Waals surface area contributed by atoms with Gasteiger partial charge in [-0.1, -0.05) is 0 Å². The molecule has 1 saturated heterocycles. The first-order chi connectivity index (χ1) is 10.2. The lowest BCUT2D eigenvalue weighted by Gasteiger charge is -2.32. The Hall–Kier alpha value is -2.11. The van der Waals surface area contributed by atoms with Crippen LogP contribution in [-0.4, -0.2) is 40.2 Å². The molecule has 1 aliphatic heterocycles. The van der Waals surface area contributed by atoms with Gasteiger partial charge in [-0.3, -0.25) is 4.79 Å².